The zero-order chi connectivity index (χ0) is 13.6. The predicted octanol–water partition coefficient (Wildman–Crippen LogP) is 1.55. The van der Waals surface area contributed by atoms with Crippen LogP contribution >= 0.6 is 0 Å². The number of hydrogen-bond donors (Lipinski definition) is 1. The van der Waals surface area contributed by atoms with Crippen molar-refractivity contribution in [2.75, 3.05) is 46.3 Å². The van der Waals surface area contributed by atoms with Gasteiger partial charge in [0.1, 0.15) is 0 Å². The maximum atomic E-state index is 12.0. The van der Waals surface area contributed by atoms with Crippen molar-refractivity contribution in [2.45, 2.75) is 32.0 Å². The Labute approximate surface area is 107 Å². The first-order chi connectivity index (χ1) is 8.42. The summed E-state index contributed by atoms with van der Waals surface area (Å²) in [5, 5.41) is 2.47. The zero-order valence-corrected chi connectivity index (χ0v) is 11.3. The summed E-state index contributed by atoms with van der Waals surface area (Å²) in [6, 6.07) is 0.463. The molecule has 0 aromatic rings. The Morgan fingerprint density at radius 3 is 2.61 bits per heavy atom. The first kappa shape index (κ1) is 15.7. The van der Waals surface area contributed by atoms with Gasteiger partial charge in [0.05, 0.1) is 6.54 Å². The van der Waals surface area contributed by atoms with Gasteiger partial charge in [-0.1, -0.05) is 6.92 Å². The molecule has 1 aliphatic heterocycles. The summed E-state index contributed by atoms with van der Waals surface area (Å²) in [5.74, 6) is 0. The van der Waals surface area contributed by atoms with Crippen molar-refractivity contribution in [3.05, 3.63) is 0 Å². The Morgan fingerprint density at radius 2 is 2.00 bits per heavy atom. The van der Waals surface area contributed by atoms with Crippen molar-refractivity contribution in [3.63, 3.8) is 0 Å². The van der Waals surface area contributed by atoms with Crippen LogP contribution in [0.1, 0.15) is 19.8 Å². The second-order valence-electron chi connectivity index (χ2n) is 5.01. The molecule has 0 bridgehead atoms. The van der Waals surface area contributed by atoms with Crippen molar-refractivity contribution in [2.24, 2.45) is 0 Å². The SMILES string of the molecule is CCC1CN(C)CCCN1CCNCC(F)(F)F. The van der Waals surface area contributed by atoms with E-state index in [0.717, 1.165) is 32.5 Å². The van der Waals surface area contributed by atoms with E-state index in [2.05, 4.69) is 29.1 Å². The van der Waals surface area contributed by atoms with E-state index in [1.165, 1.54) is 0 Å². The molecule has 0 aromatic heterocycles. The second-order valence-corrected chi connectivity index (χ2v) is 5.01. The van der Waals surface area contributed by atoms with Crippen molar-refractivity contribution in [1.29, 1.82) is 0 Å². The normalized spacial score (nSPS) is 24.2. The van der Waals surface area contributed by atoms with Gasteiger partial charge in [-0.25, -0.2) is 0 Å². The van der Waals surface area contributed by atoms with Gasteiger partial charge in [-0.2, -0.15) is 13.2 Å². The van der Waals surface area contributed by atoms with E-state index in [0.29, 0.717) is 19.1 Å². The van der Waals surface area contributed by atoms with Gasteiger partial charge in [0.2, 0.25) is 0 Å². The molecule has 1 N–H and O–H groups in total. The van der Waals surface area contributed by atoms with E-state index < -0.39 is 12.7 Å². The van der Waals surface area contributed by atoms with Crippen LogP contribution in [0.3, 0.4) is 0 Å². The average Bonchev–Trinajstić information content (AvgIpc) is 2.45. The number of hydrogen-bond acceptors (Lipinski definition) is 3. The summed E-state index contributed by atoms with van der Waals surface area (Å²) in [5.41, 5.74) is 0. The van der Waals surface area contributed by atoms with Gasteiger partial charge in [-0.3, -0.25) is 4.90 Å². The Balaban J connectivity index is 2.30. The highest BCUT2D eigenvalue weighted by Gasteiger charge is 2.26. The summed E-state index contributed by atoms with van der Waals surface area (Å²) in [4.78, 5) is 4.62. The van der Waals surface area contributed by atoms with E-state index in [-0.39, 0.29) is 0 Å². The van der Waals surface area contributed by atoms with Crippen molar-refractivity contribution in [3.8, 4) is 0 Å². The Hall–Kier alpha value is -0.330. The van der Waals surface area contributed by atoms with Crippen molar-refractivity contribution in [1.82, 2.24) is 15.1 Å². The monoisotopic (exact) mass is 267 g/mol. The van der Waals surface area contributed by atoms with Gasteiger partial charge >= 0.3 is 6.18 Å². The van der Waals surface area contributed by atoms with Gasteiger partial charge in [0, 0.05) is 25.7 Å². The lowest BCUT2D eigenvalue weighted by molar-refractivity contribution is -0.124. The fourth-order valence-corrected chi connectivity index (χ4v) is 2.43. The Bertz CT molecular complexity index is 233. The summed E-state index contributed by atoms with van der Waals surface area (Å²) in [6.07, 6.45) is -1.97. The number of alkyl halides is 3. The molecule has 0 saturated carbocycles. The molecule has 3 nitrogen and oxygen atoms in total. The molecule has 108 valence electrons. The zero-order valence-electron chi connectivity index (χ0n) is 11.3. The molecule has 0 radical (unpaired) electrons. The summed E-state index contributed by atoms with van der Waals surface area (Å²) < 4.78 is 36.0. The van der Waals surface area contributed by atoms with E-state index in [4.69, 9.17) is 0 Å². The van der Waals surface area contributed by atoms with Crippen LogP contribution in [0.2, 0.25) is 0 Å². The third-order valence-corrected chi connectivity index (χ3v) is 3.40. The van der Waals surface area contributed by atoms with E-state index in [1.54, 1.807) is 0 Å². The Kier molecular flexibility index (Phi) is 6.38. The van der Waals surface area contributed by atoms with Crippen LogP contribution in [-0.4, -0.2) is 68.3 Å². The van der Waals surface area contributed by atoms with Crippen LogP contribution < -0.4 is 5.32 Å². The topological polar surface area (TPSA) is 18.5 Å². The molecule has 1 atom stereocenters. The minimum Gasteiger partial charge on any atom is -0.307 e. The van der Waals surface area contributed by atoms with Crippen molar-refractivity contribution >= 4 is 0 Å². The minimum atomic E-state index is -4.11. The molecule has 1 rings (SSSR count). The molecule has 0 aromatic carbocycles. The fourth-order valence-electron chi connectivity index (χ4n) is 2.43. The van der Waals surface area contributed by atoms with E-state index in [9.17, 15) is 13.2 Å². The Morgan fingerprint density at radius 1 is 1.28 bits per heavy atom. The summed E-state index contributed by atoms with van der Waals surface area (Å²) >= 11 is 0. The molecule has 1 unspecified atom stereocenters. The van der Waals surface area contributed by atoms with Crippen LogP contribution in [0, 0.1) is 0 Å². The third-order valence-electron chi connectivity index (χ3n) is 3.40. The number of likely N-dealkylation sites (N-methyl/N-ethyl adjacent to an activating group) is 1. The second kappa shape index (κ2) is 7.31. The van der Waals surface area contributed by atoms with Gasteiger partial charge < -0.3 is 10.2 Å². The molecule has 1 heterocycles. The average molecular weight is 267 g/mol. The van der Waals surface area contributed by atoms with Crippen LogP contribution in [0.15, 0.2) is 0 Å². The number of nitrogens with one attached hydrogen (secondary N) is 1. The van der Waals surface area contributed by atoms with Gasteiger partial charge in [-0.15, -0.1) is 0 Å². The molecule has 0 spiro atoms. The van der Waals surface area contributed by atoms with Gasteiger partial charge in [0.25, 0.3) is 0 Å². The molecule has 0 aliphatic carbocycles. The fraction of sp³-hybridized carbons (Fsp3) is 1.00. The summed E-state index contributed by atoms with van der Waals surface area (Å²) in [7, 11) is 2.11. The van der Waals surface area contributed by atoms with Crippen LogP contribution in [0.25, 0.3) is 0 Å². The highest BCUT2D eigenvalue weighted by Crippen LogP contribution is 2.13. The maximum absolute atomic E-state index is 12.0. The number of nitrogens with zero attached hydrogens (tertiary/aromatic N) is 2. The van der Waals surface area contributed by atoms with Crippen LogP contribution in [0.4, 0.5) is 13.2 Å². The smallest absolute Gasteiger partial charge is 0.307 e. The number of rotatable bonds is 5. The molecule has 0 amide bonds. The molecular formula is C12H24F3N3. The minimum absolute atomic E-state index is 0.403. The summed E-state index contributed by atoms with van der Waals surface area (Å²) in [6.45, 7) is 5.41. The first-order valence-electron chi connectivity index (χ1n) is 6.62. The largest absolute Gasteiger partial charge is 0.401 e. The maximum Gasteiger partial charge on any atom is 0.401 e. The van der Waals surface area contributed by atoms with Gasteiger partial charge in [0.15, 0.2) is 0 Å². The van der Waals surface area contributed by atoms with Crippen molar-refractivity contribution < 1.29 is 13.2 Å². The quantitative estimate of drug-likeness (QED) is 0.763. The third kappa shape index (κ3) is 6.02. The number of halogens is 3. The van der Waals surface area contributed by atoms with Gasteiger partial charge in [-0.05, 0) is 33.0 Å². The highest BCUT2D eigenvalue weighted by atomic mass is 19.4. The highest BCUT2D eigenvalue weighted by molar-refractivity contribution is 4.78. The molecular weight excluding hydrogens is 243 g/mol. The molecule has 1 saturated heterocycles. The molecule has 18 heavy (non-hydrogen) atoms. The lowest BCUT2D eigenvalue weighted by Crippen LogP contribution is -2.43. The first-order valence-corrected chi connectivity index (χ1v) is 6.62. The van der Waals surface area contributed by atoms with Crippen LogP contribution in [-0.2, 0) is 0 Å². The molecule has 1 fully saturated rings. The lowest BCUT2D eigenvalue weighted by Gasteiger charge is -2.30. The lowest BCUT2D eigenvalue weighted by atomic mass is 10.2. The van der Waals surface area contributed by atoms with E-state index in [1.807, 2.05) is 0 Å². The standard InChI is InChI=1S/C12H24F3N3/c1-3-11-9-17(2)6-4-7-18(11)8-5-16-10-12(13,14)15/h11,16H,3-10H2,1-2H3. The molecule has 6 heteroatoms. The van der Waals surface area contributed by atoms with Crippen LogP contribution in [0.5, 0.6) is 0 Å². The molecule has 1 aliphatic rings. The van der Waals surface area contributed by atoms with E-state index >= 15 is 0 Å². The predicted molar refractivity (Wildman–Crippen MR) is 66.7 cm³/mol.